The van der Waals surface area contributed by atoms with Crippen molar-refractivity contribution >= 4 is 32.8 Å². The van der Waals surface area contributed by atoms with Crippen LogP contribution >= 0.6 is 11.3 Å². The van der Waals surface area contributed by atoms with Crippen molar-refractivity contribution in [2.75, 3.05) is 30.8 Å². The Balaban J connectivity index is 1.27. The molecule has 1 saturated carbocycles. The fraction of sp³-hybridized carbons (Fsp3) is 0.517. The number of anilines is 2. The maximum Gasteiger partial charge on any atom is 0.420 e. The molecule has 5 heterocycles. The van der Waals surface area contributed by atoms with Crippen LogP contribution in [-0.2, 0) is 40.3 Å². The van der Waals surface area contributed by atoms with E-state index in [0.29, 0.717) is 43.6 Å². The maximum absolute atomic E-state index is 14.2. The molecule has 0 atom stereocenters. The van der Waals surface area contributed by atoms with Crippen molar-refractivity contribution in [1.29, 1.82) is 0 Å². The van der Waals surface area contributed by atoms with Gasteiger partial charge in [-0.3, -0.25) is 4.90 Å². The van der Waals surface area contributed by atoms with Crippen molar-refractivity contribution in [3.05, 3.63) is 51.5 Å². The van der Waals surface area contributed by atoms with E-state index in [-0.39, 0.29) is 38.7 Å². The fourth-order valence-electron chi connectivity index (χ4n) is 5.97. The first-order valence-corrected chi connectivity index (χ1v) is 16.6. The molecule has 3 aromatic rings. The van der Waals surface area contributed by atoms with Gasteiger partial charge in [0.1, 0.15) is 5.56 Å². The summed E-state index contributed by atoms with van der Waals surface area (Å²) in [6.45, 7) is 6.78. The summed E-state index contributed by atoms with van der Waals surface area (Å²) in [7, 11) is -3.67. The fourth-order valence-corrected chi connectivity index (χ4v) is 9.04. The highest BCUT2D eigenvalue weighted by molar-refractivity contribution is 7.91. The summed E-state index contributed by atoms with van der Waals surface area (Å²) in [5.74, 6) is 0.347. The van der Waals surface area contributed by atoms with Crippen LogP contribution in [0.4, 0.5) is 24.8 Å². The molecule has 7 rings (SSSR count). The largest absolute Gasteiger partial charge is 0.420 e. The van der Waals surface area contributed by atoms with Crippen molar-refractivity contribution in [3.63, 3.8) is 0 Å². The number of benzene rings is 1. The SMILES string of the molecule is CC1(C)Cc2cc(C3CC3)c(Nc3ncc(C(F)(F)F)c(-c4cc5c(s4)CN(C4COC4)CCS5(=O)=O)n3)cc2CN1. The van der Waals surface area contributed by atoms with Gasteiger partial charge in [-0.25, -0.2) is 18.4 Å². The highest BCUT2D eigenvalue weighted by Crippen LogP contribution is 2.46. The molecule has 0 amide bonds. The summed E-state index contributed by atoms with van der Waals surface area (Å²) in [6.07, 6.45) is -0.907. The van der Waals surface area contributed by atoms with E-state index in [1.807, 2.05) is 4.90 Å². The molecule has 2 aromatic heterocycles. The molecule has 0 bridgehead atoms. The van der Waals surface area contributed by atoms with Gasteiger partial charge in [-0.05, 0) is 67.9 Å². The van der Waals surface area contributed by atoms with Crippen LogP contribution in [-0.4, -0.2) is 60.4 Å². The molecule has 224 valence electrons. The van der Waals surface area contributed by atoms with Crippen molar-refractivity contribution in [2.45, 2.75) is 74.8 Å². The minimum absolute atomic E-state index is 0.0107. The Hall–Kier alpha value is -2.58. The van der Waals surface area contributed by atoms with Gasteiger partial charge in [0.2, 0.25) is 5.95 Å². The Morgan fingerprint density at radius 1 is 1.17 bits per heavy atom. The quantitative estimate of drug-likeness (QED) is 0.400. The highest BCUT2D eigenvalue weighted by atomic mass is 32.2. The van der Waals surface area contributed by atoms with Crippen molar-refractivity contribution in [2.24, 2.45) is 0 Å². The number of rotatable bonds is 5. The number of aromatic nitrogens is 2. The summed E-state index contributed by atoms with van der Waals surface area (Å²) in [4.78, 5) is 11.3. The van der Waals surface area contributed by atoms with Crippen molar-refractivity contribution < 1.29 is 26.3 Å². The number of halogens is 3. The van der Waals surface area contributed by atoms with Gasteiger partial charge >= 0.3 is 6.18 Å². The topological polar surface area (TPSA) is 96.5 Å². The number of nitrogens with one attached hydrogen (secondary N) is 2. The normalized spacial score (nSPS) is 22.1. The third kappa shape index (κ3) is 5.34. The molecule has 42 heavy (non-hydrogen) atoms. The van der Waals surface area contributed by atoms with Gasteiger partial charge in [0.25, 0.3) is 0 Å². The average molecular weight is 620 g/mol. The molecule has 0 unspecified atom stereocenters. The number of hydrogen-bond acceptors (Lipinski definition) is 9. The predicted octanol–water partition coefficient (Wildman–Crippen LogP) is 5.26. The number of thiophene rings is 1. The third-order valence-electron chi connectivity index (χ3n) is 8.59. The zero-order chi connectivity index (χ0) is 29.4. The summed E-state index contributed by atoms with van der Waals surface area (Å²) >= 11 is 1.05. The smallest absolute Gasteiger partial charge is 0.378 e. The summed E-state index contributed by atoms with van der Waals surface area (Å²) in [6, 6.07) is 5.75. The van der Waals surface area contributed by atoms with E-state index in [1.54, 1.807) is 0 Å². The lowest BCUT2D eigenvalue weighted by Gasteiger charge is -2.36. The first-order chi connectivity index (χ1) is 19.9. The lowest BCUT2D eigenvalue weighted by Crippen LogP contribution is -2.49. The molecular formula is C29H32F3N5O3S2. The van der Waals surface area contributed by atoms with Gasteiger partial charge < -0.3 is 15.4 Å². The molecule has 13 heteroatoms. The second-order valence-electron chi connectivity index (χ2n) is 12.4. The lowest BCUT2D eigenvalue weighted by molar-refractivity contribution is -0.137. The molecule has 3 aliphatic heterocycles. The minimum Gasteiger partial charge on any atom is -0.378 e. The van der Waals surface area contributed by atoms with Crippen LogP contribution in [0.15, 0.2) is 29.3 Å². The second kappa shape index (κ2) is 9.98. The van der Waals surface area contributed by atoms with Gasteiger partial charge in [0.15, 0.2) is 9.84 Å². The van der Waals surface area contributed by atoms with Crippen LogP contribution in [0.1, 0.15) is 59.7 Å². The van der Waals surface area contributed by atoms with Gasteiger partial charge in [-0.15, -0.1) is 11.3 Å². The van der Waals surface area contributed by atoms with Crippen LogP contribution in [0.3, 0.4) is 0 Å². The molecule has 8 nitrogen and oxygen atoms in total. The van der Waals surface area contributed by atoms with E-state index < -0.39 is 21.6 Å². The number of fused-ring (bicyclic) bond motifs is 2. The number of ether oxygens (including phenoxy) is 1. The average Bonchev–Trinajstić information content (AvgIpc) is 3.65. The molecule has 1 aliphatic carbocycles. The minimum atomic E-state index is -4.72. The maximum atomic E-state index is 14.2. The summed E-state index contributed by atoms with van der Waals surface area (Å²) < 4.78 is 74.2. The first-order valence-electron chi connectivity index (χ1n) is 14.2. The van der Waals surface area contributed by atoms with E-state index >= 15 is 0 Å². The number of alkyl halides is 3. The summed E-state index contributed by atoms with van der Waals surface area (Å²) in [5, 5.41) is 6.76. The molecule has 4 aliphatic rings. The Morgan fingerprint density at radius 2 is 1.95 bits per heavy atom. The second-order valence-corrected chi connectivity index (χ2v) is 15.6. The number of hydrogen-bond donors (Lipinski definition) is 2. The predicted molar refractivity (Wildman–Crippen MR) is 154 cm³/mol. The third-order valence-corrected chi connectivity index (χ3v) is 11.6. The Kier molecular flexibility index (Phi) is 6.70. The monoisotopic (exact) mass is 619 g/mol. The van der Waals surface area contributed by atoms with Crippen LogP contribution in [0.25, 0.3) is 10.6 Å². The van der Waals surface area contributed by atoms with E-state index in [0.717, 1.165) is 53.6 Å². The summed E-state index contributed by atoms with van der Waals surface area (Å²) in [5.41, 5.74) is 3.03. The van der Waals surface area contributed by atoms with Crippen LogP contribution in [0.2, 0.25) is 0 Å². The van der Waals surface area contributed by atoms with Gasteiger partial charge in [0.05, 0.1) is 40.5 Å². The molecule has 1 aromatic carbocycles. The first kappa shape index (κ1) is 28.2. The van der Waals surface area contributed by atoms with Gasteiger partial charge in [-0.1, -0.05) is 6.07 Å². The Labute approximate surface area is 246 Å². The zero-order valence-electron chi connectivity index (χ0n) is 23.3. The van der Waals surface area contributed by atoms with E-state index in [2.05, 4.69) is 46.6 Å². The standard InChI is InChI=1S/C29H32F3N5O3S2/c1-28(2)10-17-7-20(16-3-4-16)22(8-18(17)11-34-28)35-27-33-12-21(29(30,31)32)26(36-27)23-9-25-24(41-23)13-37(19-14-40-15-19)5-6-42(25,38)39/h7-9,12,16,19,34H,3-6,10-11,13-15H2,1-2H3,(H,33,35,36). The molecule has 2 N–H and O–H groups in total. The van der Waals surface area contributed by atoms with Crippen LogP contribution in [0.5, 0.6) is 0 Å². The Bertz CT molecular complexity index is 1660. The Morgan fingerprint density at radius 3 is 2.64 bits per heavy atom. The van der Waals surface area contributed by atoms with E-state index in [4.69, 9.17) is 4.74 Å². The van der Waals surface area contributed by atoms with Gasteiger partial charge in [0, 0.05) is 41.9 Å². The van der Waals surface area contributed by atoms with E-state index in [1.165, 1.54) is 11.6 Å². The molecule has 0 radical (unpaired) electrons. The van der Waals surface area contributed by atoms with Crippen LogP contribution in [0, 0.1) is 0 Å². The van der Waals surface area contributed by atoms with Crippen LogP contribution < -0.4 is 10.6 Å². The van der Waals surface area contributed by atoms with Crippen molar-refractivity contribution in [1.82, 2.24) is 20.2 Å². The number of nitrogens with zero attached hydrogens (tertiary/aromatic N) is 3. The van der Waals surface area contributed by atoms with Crippen molar-refractivity contribution in [3.8, 4) is 10.6 Å². The molecule has 2 fully saturated rings. The van der Waals surface area contributed by atoms with E-state index in [9.17, 15) is 21.6 Å². The lowest BCUT2D eigenvalue weighted by atomic mass is 9.85. The molecule has 0 spiro atoms. The van der Waals surface area contributed by atoms with Gasteiger partial charge in [-0.2, -0.15) is 13.2 Å². The molecule has 1 saturated heterocycles. The molecular weight excluding hydrogens is 587 g/mol. The number of sulfone groups is 1. The highest BCUT2D eigenvalue weighted by Gasteiger charge is 2.39. The zero-order valence-corrected chi connectivity index (χ0v) is 25.0.